The van der Waals surface area contributed by atoms with E-state index in [0.29, 0.717) is 18.1 Å². The maximum Gasteiger partial charge on any atom is 0.333 e. The SMILES string of the molecule is Cc1nn(C)c(N(C)CCN2C[C@@H](C)O[C@@H](C)C2)c1[N+](=O)[O-]. The predicted molar refractivity (Wildman–Crippen MR) is 84.3 cm³/mol. The molecule has 0 unspecified atom stereocenters. The molecule has 2 heterocycles. The van der Waals surface area contributed by atoms with Crippen LogP contribution in [0.4, 0.5) is 11.5 Å². The number of hydrogen-bond donors (Lipinski definition) is 0. The number of aryl methyl sites for hydroxylation is 2. The average molecular weight is 311 g/mol. The minimum atomic E-state index is -0.354. The van der Waals surface area contributed by atoms with Gasteiger partial charge in [0, 0.05) is 40.3 Å². The monoisotopic (exact) mass is 311 g/mol. The second-order valence-corrected chi connectivity index (χ2v) is 6.08. The third kappa shape index (κ3) is 3.56. The molecule has 1 aromatic heterocycles. The van der Waals surface area contributed by atoms with Crippen LogP contribution in [0.25, 0.3) is 0 Å². The molecule has 8 nitrogen and oxygen atoms in total. The highest BCUT2D eigenvalue weighted by Crippen LogP contribution is 2.29. The van der Waals surface area contributed by atoms with E-state index in [2.05, 4.69) is 23.8 Å². The van der Waals surface area contributed by atoms with Crippen molar-refractivity contribution in [2.45, 2.75) is 33.0 Å². The molecule has 0 radical (unpaired) electrons. The highest BCUT2D eigenvalue weighted by atomic mass is 16.6. The van der Waals surface area contributed by atoms with Gasteiger partial charge in [0.25, 0.3) is 0 Å². The zero-order valence-electron chi connectivity index (χ0n) is 13.9. The molecule has 0 aliphatic carbocycles. The molecule has 0 spiro atoms. The second-order valence-electron chi connectivity index (χ2n) is 6.08. The van der Waals surface area contributed by atoms with Gasteiger partial charge in [-0.25, -0.2) is 4.68 Å². The molecule has 0 aromatic carbocycles. The van der Waals surface area contributed by atoms with Crippen molar-refractivity contribution in [3.63, 3.8) is 0 Å². The summed E-state index contributed by atoms with van der Waals surface area (Å²) in [5.74, 6) is 0.553. The van der Waals surface area contributed by atoms with Gasteiger partial charge >= 0.3 is 5.69 Å². The lowest BCUT2D eigenvalue weighted by Gasteiger charge is -2.36. The molecule has 8 heteroatoms. The van der Waals surface area contributed by atoms with Gasteiger partial charge in [-0.05, 0) is 20.8 Å². The summed E-state index contributed by atoms with van der Waals surface area (Å²) in [6.45, 7) is 9.15. The summed E-state index contributed by atoms with van der Waals surface area (Å²) in [5, 5.41) is 15.4. The molecule has 0 bridgehead atoms. The van der Waals surface area contributed by atoms with Crippen LogP contribution in [0.2, 0.25) is 0 Å². The van der Waals surface area contributed by atoms with Crippen molar-refractivity contribution in [2.75, 3.05) is 38.1 Å². The van der Waals surface area contributed by atoms with Crippen LogP contribution in [-0.4, -0.2) is 65.0 Å². The lowest BCUT2D eigenvalue weighted by molar-refractivity contribution is -0.384. The van der Waals surface area contributed by atoms with Crippen molar-refractivity contribution in [3.05, 3.63) is 15.8 Å². The molecular weight excluding hydrogens is 286 g/mol. The van der Waals surface area contributed by atoms with Gasteiger partial charge in [0.15, 0.2) is 0 Å². The second kappa shape index (κ2) is 6.62. The van der Waals surface area contributed by atoms with Crippen molar-refractivity contribution in [3.8, 4) is 0 Å². The van der Waals surface area contributed by atoms with Crippen LogP contribution >= 0.6 is 0 Å². The molecule has 0 saturated carbocycles. The largest absolute Gasteiger partial charge is 0.373 e. The fourth-order valence-electron chi connectivity index (χ4n) is 3.14. The highest BCUT2D eigenvalue weighted by molar-refractivity contribution is 5.60. The number of morpholine rings is 1. The van der Waals surface area contributed by atoms with Crippen LogP contribution in [0.1, 0.15) is 19.5 Å². The molecule has 124 valence electrons. The first kappa shape index (κ1) is 16.7. The summed E-state index contributed by atoms with van der Waals surface area (Å²) in [6, 6.07) is 0. The molecule has 0 amide bonds. The Balaban J connectivity index is 2.04. The van der Waals surface area contributed by atoms with Gasteiger partial charge in [0.05, 0.1) is 17.1 Å². The fourth-order valence-corrected chi connectivity index (χ4v) is 3.14. The molecule has 1 aliphatic heterocycles. The maximum absolute atomic E-state index is 11.3. The topological polar surface area (TPSA) is 76.7 Å². The molecule has 0 N–H and O–H groups in total. The first-order valence-corrected chi connectivity index (χ1v) is 7.56. The Bertz CT molecular complexity index is 535. The van der Waals surface area contributed by atoms with Crippen molar-refractivity contribution in [1.82, 2.24) is 14.7 Å². The van der Waals surface area contributed by atoms with Crippen LogP contribution in [0.3, 0.4) is 0 Å². The van der Waals surface area contributed by atoms with Crippen molar-refractivity contribution in [1.29, 1.82) is 0 Å². The van der Waals surface area contributed by atoms with Gasteiger partial charge in [-0.15, -0.1) is 0 Å². The fraction of sp³-hybridized carbons (Fsp3) is 0.786. The number of anilines is 1. The molecule has 1 aromatic rings. The molecule has 1 saturated heterocycles. The van der Waals surface area contributed by atoms with E-state index in [-0.39, 0.29) is 22.8 Å². The molecule has 2 atom stereocenters. The van der Waals surface area contributed by atoms with E-state index in [1.54, 1.807) is 18.7 Å². The van der Waals surface area contributed by atoms with Gasteiger partial charge in [-0.2, -0.15) is 5.10 Å². The Kier molecular flexibility index (Phi) is 5.02. The zero-order valence-corrected chi connectivity index (χ0v) is 13.9. The van der Waals surface area contributed by atoms with Crippen molar-refractivity contribution < 1.29 is 9.66 Å². The molecule has 1 fully saturated rings. The third-order valence-electron chi connectivity index (χ3n) is 3.95. The Morgan fingerprint density at radius 1 is 1.41 bits per heavy atom. The first-order chi connectivity index (χ1) is 10.3. The first-order valence-electron chi connectivity index (χ1n) is 7.56. The van der Waals surface area contributed by atoms with E-state index < -0.39 is 0 Å². The number of hydrogen-bond acceptors (Lipinski definition) is 6. The quantitative estimate of drug-likeness (QED) is 0.600. The molecule has 22 heavy (non-hydrogen) atoms. The average Bonchev–Trinajstić information content (AvgIpc) is 2.69. The third-order valence-corrected chi connectivity index (χ3v) is 3.95. The van der Waals surface area contributed by atoms with Gasteiger partial charge in [-0.3, -0.25) is 15.0 Å². The highest BCUT2D eigenvalue weighted by Gasteiger charge is 2.27. The van der Waals surface area contributed by atoms with Gasteiger partial charge in [-0.1, -0.05) is 0 Å². The Morgan fingerprint density at radius 3 is 2.55 bits per heavy atom. The van der Waals surface area contributed by atoms with E-state index in [0.717, 1.165) is 19.6 Å². The van der Waals surface area contributed by atoms with Crippen LogP contribution in [0.5, 0.6) is 0 Å². The Labute approximate surface area is 130 Å². The molecule has 1 aliphatic rings. The minimum absolute atomic E-state index is 0.0914. The van der Waals surface area contributed by atoms with Crippen molar-refractivity contribution in [2.24, 2.45) is 7.05 Å². The van der Waals surface area contributed by atoms with E-state index in [4.69, 9.17) is 4.74 Å². The predicted octanol–water partition coefficient (Wildman–Crippen LogP) is 1.18. The Morgan fingerprint density at radius 2 is 2.00 bits per heavy atom. The molecule has 2 rings (SSSR count). The minimum Gasteiger partial charge on any atom is -0.373 e. The lowest BCUT2D eigenvalue weighted by atomic mass is 10.2. The summed E-state index contributed by atoms with van der Waals surface area (Å²) in [5.41, 5.74) is 0.539. The summed E-state index contributed by atoms with van der Waals surface area (Å²) >= 11 is 0. The summed E-state index contributed by atoms with van der Waals surface area (Å²) in [7, 11) is 3.61. The number of rotatable bonds is 5. The number of aromatic nitrogens is 2. The summed E-state index contributed by atoms with van der Waals surface area (Å²) < 4.78 is 7.30. The zero-order chi connectivity index (χ0) is 16.4. The van der Waals surface area contributed by atoms with E-state index in [1.807, 2.05) is 11.9 Å². The van der Waals surface area contributed by atoms with E-state index >= 15 is 0 Å². The summed E-state index contributed by atoms with van der Waals surface area (Å²) in [4.78, 5) is 15.1. The normalized spacial score (nSPS) is 22.8. The van der Waals surface area contributed by atoms with Crippen LogP contribution in [0.15, 0.2) is 0 Å². The lowest BCUT2D eigenvalue weighted by Crippen LogP contribution is -2.47. The van der Waals surface area contributed by atoms with E-state index in [9.17, 15) is 10.1 Å². The van der Waals surface area contributed by atoms with Gasteiger partial charge < -0.3 is 9.64 Å². The van der Waals surface area contributed by atoms with Gasteiger partial charge in [0.2, 0.25) is 5.82 Å². The number of ether oxygens (including phenoxy) is 1. The molecular formula is C14H25N5O3. The van der Waals surface area contributed by atoms with Crippen LogP contribution < -0.4 is 4.90 Å². The van der Waals surface area contributed by atoms with Crippen LogP contribution in [0, 0.1) is 17.0 Å². The Hall–Kier alpha value is -1.67. The maximum atomic E-state index is 11.3. The summed E-state index contributed by atoms with van der Waals surface area (Å²) in [6.07, 6.45) is 0.449. The smallest absolute Gasteiger partial charge is 0.333 e. The van der Waals surface area contributed by atoms with Crippen LogP contribution in [-0.2, 0) is 11.8 Å². The number of nitro groups is 1. The van der Waals surface area contributed by atoms with Gasteiger partial charge in [0.1, 0.15) is 5.69 Å². The van der Waals surface area contributed by atoms with E-state index in [1.165, 1.54) is 0 Å². The van der Waals surface area contributed by atoms with Crippen molar-refractivity contribution >= 4 is 11.5 Å². The number of likely N-dealkylation sites (N-methyl/N-ethyl adjacent to an activating group) is 1. The standard InChI is InChI=1S/C14H25N5O3/c1-10-8-18(9-11(2)22-10)7-6-16(4)14-13(19(20)21)12(3)15-17(14)5/h10-11H,6-9H2,1-5H3/t10-,11+. The number of nitrogens with zero attached hydrogens (tertiary/aromatic N) is 5.